The summed E-state index contributed by atoms with van der Waals surface area (Å²) in [6.45, 7) is 2.58. The van der Waals surface area contributed by atoms with Crippen molar-refractivity contribution >= 4 is 5.97 Å². The van der Waals surface area contributed by atoms with Gasteiger partial charge in [0.25, 0.3) is 0 Å². The molecule has 4 heteroatoms. The van der Waals surface area contributed by atoms with Crippen molar-refractivity contribution in [1.29, 1.82) is 0 Å². The van der Waals surface area contributed by atoms with Gasteiger partial charge in [0.2, 0.25) is 0 Å². The molecule has 0 spiro atoms. The van der Waals surface area contributed by atoms with Crippen LogP contribution in [0.2, 0.25) is 0 Å². The van der Waals surface area contributed by atoms with Crippen molar-refractivity contribution in [3.05, 3.63) is 35.1 Å². The third-order valence-corrected chi connectivity index (χ3v) is 3.94. The molecule has 1 aliphatic rings. The van der Waals surface area contributed by atoms with E-state index in [9.17, 15) is 9.18 Å². The molecular weight excluding hydrogens is 259 g/mol. The molecule has 2 rings (SSSR count). The highest BCUT2D eigenvalue weighted by Crippen LogP contribution is 2.27. The Labute approximate surface area is 119 Å². The molecule has 0 aliphatic heterocycles. The van der Waals surface area contributed by atoms with Crippen LogP contribution in [0, 0.1) is 11.7 Å². The van der Waals surface area contributed by atoms with Gasteiger partial charge in [0.05, 0.1) is 25.4 Å². The van der Waals surface area contributed by atoms with Gasteiger partial charge >= 0.3 is 5.97 Å². The third-order valence-electron chi connectivity index (χ3n) is 3.94. The third kappa shape index (κ3) is 3.57. The smallest absolute Gasteiger partial charge is 0.340 e. The second kappa shape index (κ2) is 6.84. The SMILES string of the molecule is COC(=O)c1ccc(COC2CCCCC2C)cc1F. The van der Waals surface area contributed by atoms with Crippen molar-refractivity contribution < 1.29 is 18.7 Å². The van der Waals surface area contributed by atoms with Gasteiger partial charge in [-0.15, -0.1) is 0 Å². The minimum atomic E-state index is -0.657. The van der Waals surface area contributed by atoms with Crippen LogP contribution in [0.5, 0.6) is 0 Å². The highest BCUT2D eigenvalue weighted by atomic mass is 19.1. The largest absolute Gasteiger partial charge is 0.465 e. The molecule has 0 heterocycles. The summed E-state index contributed by atoms with van der Waals surface area (Å²) >= 11 is 0. The molecule has 2 unspecified atom stereocenters. The van der Waals surface area contributed by atoms with Crippen molar-refractivity contribution in [3.8, 4) is 0 Å². The molecule has 110 valence electrons. The van der Waals surface area contributed by atoms with E-state index in [-0.39, 0.29) is 11.7 Å². The summed E-state index contributed by atoms with van der Waals surface area (Å²) in [6.07, 6.45) is 4.99. The predicted molar refractivity (Wildman–Crippen MR) is 73.9 cm³/mol. The molecule has 0 radical (unpaired) electrons. The fraction of sp³-hybridized carbons (Fsp3) is 0.562. The second-order valence-electron chi connectivity index (χ2n) is 5.42. The van der Waals surface area contributed by atoms with Gasteiger partial charge < -0.3 is 9.47 Å². The lowest BCUT2D eigenvalue weighted by atomic mass is 9.88. The maximum absolute atomic E-state index is 13.8. The average Bonchev–Trinajstić information content (AvgIpc) is 2.46. The van der Waals surface area contributed by atoms with Gasteiger partial charge in [0, 0.05) is 0 Å². The van der Waals surface area contributed by atoms with E-state index in [2.05, 4.69) is 11.7 Å². The van der Waals surface area contributed by atoms with Crippen LogP contribution in [0.3, 0.4) is 0 Å². The summed E-state index contributed by atoms with van der Waals surface area (Å²) in [6, 6.07) is 4.51. The predicted octanol–water partition coefficient (Wildman–Crippen LogP) is 3.71. The molecule has 1 saturated carbocycles. The van der Waals surface area contributed by atoms with Gasteiger partial charge in [-0.25, -0.2) is 9.18 Å². The topological polar surface area (TPSA) is 35.5 Å². The monoisotopic (exact) mass is 280 g/mol. The first kappa shape index (κ1) is 15.0. The maximum atomic E-state index is 13.8. The van der Waals surface area contributed by atoms with E-state index in [0.717, 1.165) is 12.0 Å². The van der Waals surface area contributed by atoms with Crippen LogP contribution in [0.1, 0.15) is 48.5 Å². The lowest BCUT2D eigenvalue weighted by Gasteiger charge is -2.28. The maximum Gasteiger partial charge on any atom is 0.340 e. The van der Waals surface area contributed by atoms with Crippen molar-refractivity contribution in [2.24, 2.45) is 5.92 Å². The van der Waals surface area contributed by atoms with Gasteiger partial charge in [-0.2, -0.15) is 0 Å². The van der Waals surface area contributed by atoms with Crippen molar-refractivity contribution in [2.75, 3.05) is 7.11 Å². The Balaban J connectivity index is 1.96. The van der Waals surface area contributed by atoms with E-state index in [0.29, 0.717) is 12.5 Å². The standard InChI is InChI=1S/C16H21FO3/c1-11-5-3-4-6-15(11)20-10-12-7-8-13(14(17)9-12)16(18)19-2/h7-9,11,15H,3-6,10H2,1-2H3. The summed E-state index contributed by atoms with van der Waals surface area (Å²) in [5.74, 6) is -0.659. The van der Waals surface area contributed by atoms with Crippen LogP contribution >= 0.6 is 0 Å². The van der Waals surface area contributed by atoms with Crippen molar-refractivity contribution in [2.45, 2.75) is 45.3 Å². The molecule has 1 aliphatic carbocycles. The number of methoxy groups -OCH3 is 1. The van der Waals surface area contributed by atoms with E-state index >= 15 is 0 Å². The first-order valence-electron chi connectivity index (χ1n) is 7.10. The number of esters is 1. The first-order valence-corrected chi connectivity index (χ1v) is 7.10. The number of benzene rings is 1. The minimum absolute atomic E-state index is 0.0396. The van der Waals surface area contributed by atoms with Gasteiger partial charge in [-0.05, 0) is 36.5 Å². The lowest BCUT2D eigenvalue weighted by Crippen LogP contribution is -2.25. The fourth-order valence-electron chi connectivity index (χ4n) is 2.66. The quantitative estimate of drug-likeness (QED) is 0.789. The van der Waals surface area contributed by atoms with Crippen molar-refractivity contribution in [3.63, 3.8) is 0 Å². The summed E-state index contributed by atoms with van der Waals surface area (Å²) in [7, 11) is 1.24. The molecule has 0 N–H and O–H groups in total. The van der Waals surface area contributed by atoms with E-state index in [1.165, 1.54) is 38.5 Å². The molecular formula is C16H21FO3. The van der Waals surface area contributed by atoms with Crippen molar-refractivity contribution in [1.82, 2.24) is 0 Å². The Kier molecular flexibility index (Phi) is 5.12. The zero-order valence-corrected chi connectivity index (χ0v) is 12.0. The highest BCUT2D eigenvalue weighted by molar-refractivity contribution is 5.89. The average molecular weight is 280 g/mol. The van der Waals surface area contributed by atoms with E-state index < -0.39 is 11.8 Å². The van der Waals surface area contributed by atoms with E-state index in [4.69, 9.17) is 4.74 Å². The summed E-state index contributed by atoms with van der Waals surface area (Å²) < 4.78 is 24.2. The fourth-order valence-corrected chi connectivity index (χ4v) is 2.66. The normalized spacial score (nSPS) is 22.6. The summed E-state index contributed by atoms with van der Waals surface area (Å²) in [5.41, 5.74) is 0.704. The summed E-state index contributed by atoms with van der Waals surface area (Å²) in [4.78, 5) is 11.3. The number of hydrogen-bond acceptors (Lipinski definition) is 3. The molecule has 2 atom stereocenters. The van der Waals surface area contributed by atoms with Crippen LogP contribution in [0.4, 0.5) is 4.39 Å². The molecule has 1 aromatic carbocycles. The number of carbonyl (C=O) groups excluding carboxylic acids is 1. The molecule has 0 amide bonds. The Morgan fingerprint density at radius 2 is 2.10 bits per heavy atom. The zero-order chi connectivity index (χ0) is 14.5. The first-order chi connectivity index (χ1) is 9.61. The second-order valence-corrected chi connectivity index (χ2v) is 5.42. The number of hydrogen-bond donors (Lipinski definition) is 0. The molecule has 0 aromatic heterocycles. The zero-order valence-electron chi connectivity index (χ0n) is 12.0. The van der Waals surface area contributed by atoms with Gasteiger partial charge in [0.15, 0.2) is 0 Å². The van der Waals surface area contributed by atoms with Crippen LogP contribution in [-0.4, -0.2) is 19.2 Å². The van der Waals surface area contributed by atoms with E-state index in [1.807, 2.05) is 0 Å². The highest BCUT2D eigenvalue weighted by Gasteiger charge is 2.22. The Morgan fingerprint density at radius 1 is 1.35 bits per heavy atom. The Bertz CT molecular complexity index is 473. The Morgan fingerprint density at radius 3 is 2.75 bits per heavy atom. The van der Waals surface area contributed by atoms with Crippen LogP contribution in [0.15, 0.2) is 18.2 Å². The van der Waals surface area contributed by atoms with Gasteiger partial charge in [-0.1, -0.05) is 25.8 Å². The van der Waals surface area contributed by atoms with Gasteiger partial charge in [-0.3, -0.25) is 0 Å². The van der Waals surface area contributed by atoms with Crippen LogP contribution in [-0.2, 0) is 16.1 Å². The molecule has 20 heavy (non-hydrogen) atoms. The molecule has 1 fully saturated rings. The van der Waals surface area contributed by atoms with Crippen LogP contribution < -0.4 is 0 Å². The van der Waals surface area contributed by atoms with Gasteiger partial charge in [0.1, 0.15) is 5.82 Å². The molecule has 1 aromatic rings. The van der Waals surface area contributed by atoms with Crippen LogP contribution in [0.25, 0.3) is 0 Å². The minimum Gasteiger partial charge on any atom is -0.465 e. The summed E-state index contributed by atoms with van der Waals surface area (Å²) in [5, 5.41) is 0. The molecule has 3 nitrogen and oxygen atoms in total. The number of carbonyl (C=O) groups is 1. The Hall–Kier alpha value is -1.42. The molecule has 0 saturated heterocycles. The number of ether oxygens (including phenoxy) is 2. The number of rotatable bonds is 4. The van der Waals surface area contributed by atoms with E-state index in [1.54, 1.807) is 6.07 Å². The number of halogens is 1. The lowest BCUT2D eigenvalue weighted by molar-refractivity contribution is -0.0155. The molecule has 0 bridgehead atoms.